The first-order valence-electron chi connectivity index (χ1n) is 10.2. The van der Waals surface area contributed by atoms with Gasteiger partial charge in [-0.3, -0.25) is 0 Å². The van der Waals surface area contributed by atoms with Gasteiger partial charge in [0, 0.05) is 29.0 Å². The Kier molecular flexibility index (Phi) is 5.87. The van der Waals surface area contributed by atoms with Gasteiger partial charge in [0.05, 0.1) is 29.5 Å². The van der Waals surface area contributed by atoms with Crippen LogP contribution in [0.4, 0.5) is 5.69 Å². The van der Waals surface area contributed by atoms with Crippen LogP contribution in [0.25, 0.3) is 11.3 Å². The predicted octanol–water partition coefficient (Wildman–Crippen LogP) is 4.57. The molecule has 3 aromatic rings. The van der Waals surface area contributed by atoms with Crippen molar-refractivity contribution in [1.29, 1.82) is 0 Å². The van der Waals surface area contributed by atoms with Crippen molar-refractivity contribution >= 4 is 43.0 Å². The first kappa shape index (κ1) is 21.1. The number of nitrogens with zero attached hydrogens (tertiary/aromatic N) is 3. The minimum absolute atomic E-state index is 0.296. The minimum Gasteiger partial charge on any atom is -0.379 e. The largest absolute Gasteiger partial charge is 0.379 e. The third-order valence-electron chi connectivity index (χ3n) is 5.46. The summed E-state index contributed by atoms with van der Waals surface area (Å²) in [5, 5.41) is 2.15. The molecule has 0 amide bonds. The van der Waals surface area contributed by atoms with Crippen molar-refractivity contribution in [3.63, 3.8) is 0 Å². The molecule has 2 heterocycles. The van der Waals surface area contributed by atoms with Gasteiger partial charge in [0.2, 0.25) is 10.0 Å². The highest BCUT2D eigenvalue weighted by molar-refractivity contribution is 9.10. The number of hydrogen-bond acceptors (Lipinski definition) is 5. The Hall–Kier alpha value is -1.78. The zero-order valence-corrected chi connectivity index (χ0v) is 20.0. The van der Waals surface area contributed by atoms with Crippen molar-refractivity contribution in [2.45, 2.75) is 23.8 Å². The highest BCUT2D eigenvalue weighted by Crippen LogP contribution is 2.38. The molecule has 9 heteroatoms. The maximum atomic E-state index is 12.8. The molecular weight excluding hydrogens is 498 g/mol. The smallest absolute Gasteiger partial charge is 0.243 e. The van der Waals surface area contributed by atoms with Crippen LogP contribution in [0.3, 0.4) is 0 Å². The molecule has 2 aromatic carbocycles. The van der Waals surface area contributed by atoms with Gasteiger partial charge in [-0.05, 0) is 54.8 Å². The van der Waals surface area contributed by atoms with E-state index in [0.29, 0.717) is 37.2 Å². The molecule has 1 saturated carbocycles. The van der Waals surface area contributed by atoms with Crippen LogP contribution in [0, 0.1) is 0 Å². The summed E-state index contributed by atoms with van der Waals surface area (Å²) in [7, 11) is -3.49. The van der Waals surface area contributed by atoms with E-state index in [1.807, 2.05) is 0 Å². The van der Waals surface area contributed by atoms with Crippen molar-refractivity contribution in [2.24, 2.45) is 4.99 Å². The number of aromatic nitrogens is 1. The van der Waals surface area contributed by atoms with Gasteiger partial charge in [0.25, 0.3) is 0 Å². The number of ether oxygens (including phenoxy) is 1. The molecule has 1 aromatic heterocycles. The molecule has 2 aliphatic rings. The van der Waals surface area contributed by atoms with Gasteiger partial charge < -0.3 is 9.30 Å². The fourth-order valence-corrected chi connectivity index (χ4v) is 6.32. The standard InChI is InChI=1S/C22H22BrN3O3S2/c23-17-3-1-16(2-4-17)21-15-30-22(26(21)19-7-8-19)24-18-5-9-20(10-6-18)31(27,28)25-11-13-29-14-12-25/h1-6,9-10,15,19H,7-8,11-14H2. The van der Waals surface area contributed by atoms with E-state index in [1.54, 1.807) is 35.6 Å². The van der Waals surface area contributed by atoms with Crippen molar-refractivity contribution in [3.05, 3.63) is 63.2 Å². The summed E-state index contributed by atoms with van der Waals surface area (Å²) in [6.07, 6.45) is 2.31. The summed E-state index contributed by atoms with van der Waals surface area (Å²) in [5.74, 6) is 0. The van der Waals surface area contributed by atoms with Crippen molar-refractivity contribution in [2.75, 3.05) is 26.3 Å². The van der Waals surface area contributed by atoms with Gasteiger partial charge in [-0.25, -0.2) is 13.4 Å². The van der Waals surface area contributed by atoms with Gasteiger partial charge in [0.1, 0.15) is 0 Å². The lowest BCUT2D eigenvalue weighted by atomic mass is 10.2. The van der Waals surface area contributed by atoms with E-state index in [1.165, 1.54) is 15.6 Å². The highest BCUT2D eigenvalue weighted by Gasteiger charge is 2.28. The monoisotopic (exact) mass is 519 g/mol. The first-order chi connectivity index (χ1) is 15.0. The summed E-state index contributed by atoms with van der Waals surface area (Å²) in [6.45, 7) is 1.66. The Balaban J connectivity index is 1.46. The molecule has 0 unspecified atom stereocenters. The molecule has 0 N–H and O–H groups in total. The average Bonchev–Trinajstić information content (AvgIpc) is 3.55. The molecular formula is C22H22BrN3O3S2. The molecule has 0 atom stereocenters. The number of halogens is 1. The second-order valence-electron chi connectivity index (χ2n) is 7.63. The Bertz CT molecular complexity index is 1240. The Labute approximate surface area is 194 Å². The maximum Gasteiger partial charge on any atom is 0.243 e. The van der Waals surface area contributed by atoms with Gasteiger partial charge in [-0.15, -0.1) is 11.3 Å². The number of morpholine rings is 1. The Morgan fingerprint density at radius 2 is 1.68 bits per heavy atom. The molecule has 2 fully saturated rings. The van der Waals surface area contributed by atoms with E-state index in [-0.39, 0.29) is 0 Å². The van der Waals surface area contributed by atoms with E-state index in [0.717, 1.165) is 27.8 Å². The molecule has 0 bridgehead atoms. The predicted molar refractivity (Wildman–Crippen MR) is 125 cm³/mol. The maximum absolute atomic E-state index is 12.8. The van der Waals surface area contributed by atoms with Gasteiger partial charge in [-0.1, -0.05) is 28.1 Å². The molecule has 31 heavy (non-hydrogen) atoms. The number of benzene rings is 2. The molecule has 0 radical (unpaired) electrons. The first-order valence-corrected chi connectivity index (χ1v) is 13.3. The molecule has 162 valence electrons. The van der Waals surface area contributed by atoms with Gasteiger partial charge in [-0.2, -0.15) is 4.31 Å². The van der Waals surface area contributed by atoms with E-state index in [9.17, 15) is 8.42 Å². The zero-order chi connectivity index (χ0) is 21.4. The van der Waals surface area contributed by atoms with E-state index in [4.69, 9.17) is 9.73 Å². The third kappa shape index (κ3) is 4.42. The second-order valence-corrected chi connectivity index (χ2v) is 11.3. The van der Waals surface area contributed by atoms with Crippen LogP contribution in [0.5, 0.6) is 0 Å². The summed E-state index contributed by atoms with van der Waals surface area (Å²) in [5.41, 5.74) is 3.09. The molecule has 5 rings (SSSR count). The Morgan fingerprint density at radius 3 is 2.32 bits per heavy atom. The number of sulfonamides is 1. The number of hydrogen-bond donors (Lipinski definition) is 0. The molecule has 0 spiro atoms. The lowest BCUT2D eigenvalue weighted by Gasteiger charge is -2.26. The fourth-order valence-electron chi connectivity index (χ4n) is 3.66. The molecule has 1 aliphatic carbocycles. The van der Waals surface area contributed by atoms with Crippen LogP contribution in [-0.4, -0.2) is 43.6 Å². The lowest BCUT2D eigenvalue weighted by molar-refractivity contribution is 0.0730. The van der Waals surface area contributed by atoms with Gasteiger partial charge >= 0.3 is 0 Å². The SMILES string of the molecule is O=S(=O)(c1ccc(N=c2scc(-c3ccc(Br)cc3)n2C2CC2)cc1)N1CCOCC1. The van der Waals surface area contributed by atoms with E-state index >= 15 is 0 Å². The molecule has 6 nitrogen and oxygen atoms in total. The van der Waals surface area contributed by atoms with Crippen LogP contribution < -0.4 is 4.80 Å². The topological polar surface area (TPSA) is 63.9 Å². The average molecular weight is 520 g/mol. The summed E-state index contributed by atoms with van der Waals surface area (Å²) in [6, 6.07) is 15.7. The molecule has 1 saturated heterocycles. The van der Waals surface area contributed by atoms with E-state index < -0.39 is 10.0 Å². The number of rotatable bonds is 5. The summed E-state index contributed by atoms with van der Waals surface area (Å²) >= 11 is 5.11. The summed E-state index contributed by atoms with van der Waals surface area (Å²) in [4.78, 5) is 6.08. The number of thiazole rings is 1. The van der Waals surface area contributed by atoms with Crippen LogP contribution >= 0.6 is 27.3 Å². The van der Waals surface area contributed by atoms with Gasteiger partial charge in [0.15, 0.2) is 4.80 Å². The molecule has 1 aliphatic heterocycles. The Morgan fingerprint density at radius 1 is 1.00 bits per heavy atom. The van der Waals surface area contributed by atoms with E-state index in [2.05, 4.69) is 50.1 Å². The fraction of sp³-hybridized carbons (Fsp3) is 0.318. The third-order valence-corrected chi connectivity index (χ3v) is 8.74. The van der Waals surface area contributed by atoms with Crippen LogP contribution in [0.15, 0.2) is 68.3 Å². The van der Waals surface area contributed by atoms with Crippen molar-refractivity contribution in [1.82, 2.24) is 8.87 Å². The van der Waals surface area contributed by atoms with Crippen molar-refractivity contribution < 1.29 is 13.2 Å². The van der Waals surface area contributed by atoms with Crippen molar-refractivity contribution in [3.8, 4) is 11.3 Å². The highest BCUT2D eigenvalue weighted by atomic mass is 79.9. The zero-order valence-electron chi connectivity index (χ0n) is 16.8. The van der Waals surface area contributed by atoms with Crippen LogP contribution in [0.2, 0.25) is 0 Å². The second kappa shape index (κ2) is 8.63. The summed E-state index contributed by atoms with van der Waals surface area (Å²) < 4.78 is 35.8. The quantitative estimate of drug-likeness (QED) is 0.495. The minimum atomic E-state index is -3.49. The van der Waals surface area contributed by atoms with Crippen LogP contribution in [0.1, 0.15) is 18.9 Å². The lowest BCUT2D eigenvalue weighted by Crippen LogP contribution is -2.40. The van der Waals surface area contributed by atoms with Crippen LogP contribution in [-0.2, 0) is 14.8 Å². The normalized spacial score (nSPS) is 18.4.